The molecule has 5 heteroatoms. The lowest BCUT2D eigenvalue weighted by atomic mass is 10.6. The van der Waals surface area contributed by atoms with E-state index < -0.39 is 0 Å². The summed E-state index contributed by atoms with van der Waals surface area (Å²) in [7, 11) is 0. The molecule has 1 rings (SSSR count). The number of thiazole rings is 1. The van der Waals surface area contributed by atoms with E-state index in [9.17, 15) is 0 Å². The summed E-state index contributed by atoms with van der Waals surface area (Å²) in [4.78, 5) is 4.52. The first-order valence-electron chi connectivity index (χ1n) is 3.16. The predicted octanol–water partition coefficient (Wildman–Crippen LogP) is 1.69. The highest BCUT2D eigenvalue weighted by atomic mass is 35.5. The van der Waals surface area contributed by atoms with Crippen LogP contribution in [0.3, 0.4) is 0 Å². The molecule has 0 aliphatic heterocycles. The van der Waals surface area contributed by atoms with Gasteiger partial charge in [0.25, 0.3) is 5.19 Å². The summed E-state index contributed by atoms with van der Waals surface area (Å²) >= 11 is 6.91. The van der Waals surface area contributed by atoms with Gasteiger partial charge in [-0.15, -0.1) is 0 Å². The van der Waals surface area contributed by atoms with Crippen molar-refractivity contribution in [3.05, 3.63) is 10.0 Å². The Morgan fingerprint density at radius 1 is 1.73 bits per heavy atom. The molecule has 0 atom stereocenters. The minimum Gasteiger partial charge on any atom is -0.470 e. The summed E-state index contributed by atoms with van der Waals surface area (Å²) in [5.41, 5.74) is 0. The molecule has 0 spiro atoms. The second-order valence-corrected chi connectivity index (χ2v) is 3.19. The average Bonchev–Trinajstić information content (AvgIpc) is 2.32. The number of aliphatic hydroxyl groups excluding tert-OH is 1. The van der Waals surface area contributed by atoms with Crippen LogP contribution in [-0.4, -0.2) is 16.7 Å². The van der Waals surface area contributed by atoms with Gasteiger partial charge in [-0.25, -0.2) is 0 Å². The summed E-state index contributed by atoms with van der Waals surface area (Å²) in [6.45, 7) is 2.35. The Hall–Kier alpha value is -0.320. The minimum absolute atomic E-state index is 0.0798. The fourth-order valence-electron chi connectivity index (χ4n) is 0.596. The van der Waals surface area contributed by atoms with Gasteiger partial charge in [0.2, 0.25) is 0 Å². The lowest BCUT2D eigenvalue weighted by molar-refractivity contribution is 0.285. The van der Waals surface area contributed by atoms with Crippen LogP contribution >= 0.6 is 22.9 Å². The number of aromatic nitrogens is 1. The van der Waals surface area contributed by atoms with Gasteiger partial charge in [-0.2, -0.15) is 4.98 Å². The van der Waals surface area contributed by atoms with E-state index in [4.69, 9.17) is 21.4 Å². The van der Waals surface area contributed by atoms with Crippen LogP contribution in [0.5, 0.6) is 5.19 Å². The highest BCUT2D eigenvalue weighted by Gasteiger charge is 2.07. The molecule has 1 aromatic rings. The second-order valence-electron chi connectivity index (χ2n) is 1.78. The van der Waals surface area contributed by atoms with Gasteiger partial charge in [0, 0.05) is 0 Å². The number of hydrogen-bond acceptors (Lipinski definition) is 4. The van der Waals surface area contributed by atoms with Gasteiger partial charge in [-0.3, -0.25) is 0 Å². The van der Waals surface area contributed by atoms with Crippen LogP contribution in [-0.2, 0) is 6.61 Å². The van der Waals surface area contributed by atoms with Gasteiger partial charge >= 0.3 is 0 Å². The highest BCUT2D eigenvalue weighted by Crippen LogP contribution is 2.28. The molecule has 0 fully saturated rings. The molecular weight excluding hydrogens is 186 g/mol. The van der Waals surface area contributed by atoms with Gasteiger partial charge in [0.1, 0.15) is 5.15 Å². The fraction of sp³-hybridized carbons (Fsp3) is 0.500. The third kappa shape index (κ3) is 2.05. The molecule has 3 nitrogen and oxygen atoms in total. The Morgan fingerprint density at radius 2 is 2.45 bits per heavy atom. The first-order valence-corrected chi connectivity index (χ1v) is 4.36. The first-order chi connectivity index (χ1) is 5.27. The van der Waals surface area contributed by atoms with Crippen molar-refractivity contribution < 1.29 is 9.84 Å². The lowest BCUT2D eigenvalue weighted by Crippen LogP contribution is -1.88. The van der Waals surface area contributed by atoms with E-state index in [1.807, 2.05) is 6.92 Å². The van der Waals surface area contributed by atoms with Gasteiger partial charge in [0.15, 0.2) is 0 Å². The lowest BCUT2D eigenvalue weighted by Gasteiger charge is -1.92. The van der Waals surface area contributed by atoms with Crippen LogP contribution in [0.1, 0.15) is 11.8 Å². The summed E-state index contributed by atoms with van der Waals surface area (Å²) in [5.74, 6) is 0. The molecule has 11 heavy (non-hydrogen) atoms. The molecule has 0 bridgehead atoms. The third-order valence-corrected chi connectivity index (χ3v) is 2.42. The first kappa shape index (κ1) is 8.77. The predicted molar refractivity (Wildman–Crippen MR) is 44.2 cm³/mol. The summed E-state index contributed by atoms with van der Waals surface area (Å²) in [6, 6.07) is 0. The Kier molecular flexibility index (Phi) is 3.11. The normalized spacial score (nSPS) is 10.1. The maximum absolute atomic E-state index is 8.73. The topological polar surface area (TPSA) is 42.4 Å². The van der Waals surface area contributed by atoms with E-state index in [1.165, 1.54) is 11.3 Å². The minimum atomic E-state index is -0.0798. The smallest absolute Gasteiger partial charge is 0.274 e. The third-order valence-electron chi connectivity index (χ3n) is 1.04. The van der Waals surface area contributed by atoms with Crippen molar-refractivity contribution in [1.29, 1.82) is 0 Å². The van der Waals surface area contributed by atoms with Crippen LogP contribution in [0.15, 0.2) is 0 Å². The van der Waals surface area contributed by atoms with Crippen LogP contribution in [0.4, 0.5) is 0 Å². The van der Waals surface area contributed by atoms with Gasteiger partial charge < -0.3 is 9.84 Å². The Labute approximate surface area is 73.6 Å². The number of aliphatic hydroxyl groups is 1. The van der Waals surface area contributed by atoms with Crippen LogP contribution in [0.25, 0.3) is 0 Å². The van der Waals surface area contributed by atoms with Crippen LogP contribution in [0, 0.1) is 0 Å². The van der Waals surface area contributed by atoms with E-state index >= 15 is 0 Å². The summed E-state index contributed by atoms with van der Waals surface area (Å²) < 4.78 is 5.08. The van der Waals surface area contributed by atoms with Crippen molar-refractivity contribution in [2.45, 2.75) is 13.5 Å². The zero-order valence-electron chi connectivity index (χ0n) is 6.00. The van der Waals surface area contributed by atoms with Gasteiger partial charge in [-0.1, -0.05) is 22.9 Å². The van der Waals surface area contributed by atoms with E-state index in [2.05, 4.69) is 4.98 Å². The van der Waals surface area contributed by atoms with Crippen molar-refractivity contribution in [3.8, 4) is 5.19 Å². The molecule has 0 unspecified atom stereocenters. The van der Waals surface area contributed by atoms with Crippen molar-refractivity contribution in [2.75, 3.05) is 6.61 Å². The Balaban J connectivity index is 2.77. The fourth-order valence-corrected chi connectivity index (χ4v) is 1.62. The number of rotatable bonds is 3. The summed E-state index contributed by atoms with van der Waals surface area (Å²) in [6.07, 6.45) is 0. The molecule has 0 aromatic carbocycles. The van der Waals surface area contributed by atoms with Gasteiger partial charge in [-0.05, 0) is 6.92 Å². The number of ether oxygens (including phenoxy) is 1. The molecule has 1 heterocycles. The maximum atomic E-state index is 8.73. The SMILES string of the molecule is CCOc1nc(Cl)c(CO)s1. The van der Waals surface area contributed by atoms with Crippen molar-refractivity contribution in [3.63, 3.8) is 0 Å². The number of halogens is 1. The van der Waals surface area contributed by atoms with E-state index in [0.717, 1.165) is 0 Å². The molecule has 62 valence electrons. The highest BCUT2D eigenvalue weighted by molar-refractivity contribution is 7.13. The largest absolute Gasteiger partial charge is 0.470 e. The Morgan fingerprint density at radius 3 is 2.91 bits per heavy atom. The van der Waals surface area contributed by atoms with E-state index in [1.54, 1.807) is 0 Å². The van der Waals surface area contributed by atoms with Gasteiger partial charge in [0.05, 0.1) is 18.1 Å². The van der Waals surface area contributed by atoms with Crippen molar-refractivity contribution >= 4 is 22.9 Å². The quantitative estimate of drug-likeness (QED) is 0.795. The molecule has 0 aliphatic rings. The second kappa shape index (κ2) is 3.90. The van der Waals surface area contributed by atoms with E-state index in [0.29, 0.717) is 21.8 Å². The molecule has 0 amide bonds. The zero-order valence-corrected chi connectivity index (χ0v) is 7.58. The summed E-state index contributed by atoms with van der Waals surface area (Å²) in [5, 5.41) is 9.58. The zero-order chi connectivity index (χ0) is 8.27. The maximum Gasteiger partial charge on any atom is 0.274 e. The van der Waals surface area contributed by atoms with Crippen molar-refractivity contribution in [1.82, 2.24) is 4.98 Å². The monoisotopic (exact) mass is 193 g/mol. The molecule has 0 radical (unpaired) electrons. The van der Waals surface area contributed by atoms with E-state index in [-0.39, 0.29) is 6.61 Å². The number of nitrogens with zero attached hydrogens (tertiary/aromatic N) is 1. The Bertz CT molecular complexity index is 238. The molecule has 1 N–H and O–H groups in total. The van der Waals surface area contributed by atoms with Crippen LogP contribution in [0.2, 0.25) is 5.15 Å². The van der Waals surface area contributed by atoms with Crippen molar-refractivity contribution in [2.24, 2.45) is 0 Å². The molecule has 0 saturated heterocycles. The molecule has 0 saturated carbocycles. The average molecular weight is 194 g/mol. The standard InChI is InChI=1S/C6H8ClNO2S/c1-2-10-6-8-5(7)4(3-9)11-6/h9H,2-3H2,1H3. The molecule has 1 aromatic heterocycles. The molecular formula is C6H8ClNO2S. The number of hydrogen-bond donors (Lipinski definition) is 1. The molecule has 0 aliphatic carbocycles. The van der Waals surface area contributed by atoms with Crippen LogP contribution < -0.4 is 4.74 Å².